The number of benzene rings is 1. The predicted molar refractivity (Wildman–Crippen MR) is 65.3 cm³/mol. The molecule has 0 aliphatic rings. The monoisotopic (exact) mass is 229 g/mol. The molecule has 1 aromatic carbocycles. The Kier molecular flexibility index (Phi) is 2.87. The van der Waals surface area contributed by atoms with Gasteiger partial charge in [0.15, 0.2) is 5.82 Å². The number of carbonyl (C=O) groups excluding carboxylic acids is 1. The minimum atomic E-state index is -0.344. The topological polar surface area (TPSA) is 107 Å². The van der Waals surface area contributed by atoms with Crippen LogP contribution in [0, 0.1) is 0 Å². The summed E-state index contributed by atoms with van der Waals surface area (Å²) in [6.07, 6.45) is 4.46. The van der Waals surface area contributed by atoms with Crippen LogP contribution in [0.5, 0.6) is 0 Å². The standard InChI is InChI=1S/C11H11N5O/c12-7-1-2-8(9(13)5-7)11(17)16-10-6-14-3-4-15-10/h1-6H,12-13H2,(H,15,16,17). The molecule has 1 amide bonds. The van der Waals surface area contributed by atoms with Crippen molar-refractivity contribution in [1.82, 2.24) is 9.97 Å². The first-order valence-corrected chi connectivity index (χ1v) is 4.89. The zero-order valence-electron chi connectivity index (χ0n) is 8.92. The van der Waals surface area contributed by atoms with E-state index < -0.39 is 0 Å². The fourth-order valence-electron chi connectivity index (χ4n) is 1.34. The second-order valence-corrected chi connectivity index (χ2v) is 3.39. The zero-order valence-corrected chi connectivity index (χ0v) is 8.92. The predicted octanol–water partition coefficient (Wildman–Crippen LogP) is 0.893. The third-order valence-corrected chi connectivity index (χ3v) is 2.13. The van der Waals surface area contributed by atoms with E-state index in [1.54, 1.807) is 12.1 Å². The summed E-state index contributed by atoms with van der Waals surface area (Å²) in [6, 6.07) is 4.71. The number of carbonyl (C=O) groups is 1. The number of anilines is 3. The molecule has 1 aromatic heterocycles. The number of amides is 1. The molecule has 0 saturated carbocycles. The van der Waals surface area contributed by atoms with Gasteiger partial charge in [-0.1, -0.05) is 0 Å². The van der Waals surface area contributed by atoms with Gasteiger partial charge in [0.05, 0.1) is 11.8 Å². The molecule has 5 N–H and O–H groups in total. The van der Waals surface area contributed by atoms with Gasteiger partial charge in [0, 0.05) is 23.8 Å². The number of aromatic nitrogens is 2. The highest BCUT2D eigenvalue weighted by Gasteiger charge is 2.10. The molecule has 0 atom stereocenters. The van der Waals surface area contributed by atoms with Crippen LogP contribution < -0.4 is 16.8 Å². The maximum Gasteiger partial charge on any atom is 0.258 e. The van der Waals surface area contributed by atoms with Crippen molar-refractivity contribution in [2.45, 2.75) is 0 Å². The van der Waals surface area contributed by atoms with E-state index in [4.69, 9.17) is 11.5 Å². The van der Waals surface area contributed by atoms with E-state index in [-0.39, 0.29) is 5.91 Å². The highest BCUT2D eigenvalue weighted by atomic mass is 16.1. The molecule has 0 saturated heterocycles. The highest BCUT2D eigenvalue weighted by molar-refractivity contribution is 6.07. The minimum absolute atomic E-state index is 0.325. The molecule has 0 aliphatic carbocycles. The molecule has 0 unspecified atom stereocenters. The van der Waals surface area contributed by atoms with Crippen molar-refractivity contribution in [3.63, 3.8) is 0 Å². The van der Waals surface area contributed by atoms with E-state index in [9.17, 15) is 4.79 Å². The van der Waals surface area contributed by atoms with Gasteiger partial charge < -0.3 is 16.8 Å². The Balaban J connectivity index is 2.21. The average Bonchev–Trinajstić information content (AvgIpc) is 2.30. The lowest BCUT2D eigenvalue weighted by Gasteiger charge is -2.06. The molecular weight excluding hydrogens is 218 g/mol. The van der Waals surface area contributed by atoms with Crippen LogP contribution in [0.3, 0.4) is 0 Å². The van der Waals surface area contributed by atoms with Gasteiger partial charge in [0.2, 0.25) is 0 Å². The Morgan fingerprint density at radius 3 is 2.71 bits per heavy atom. The molecule has 0 aliphatic heterocycles. The van der Waals surface area contributed by atoms with Gasteiger partial charge in [-0.25, -0.2) is 4.98 Å². The Morgan fingerprint density at radius 2 is 2.06 bits per heavy atom. The molecule has 2 rings (SSSR count). The Morgan fingerprint density at radius 1 is 1.24 bits per heavy atom. The summed E-state index contributed by atoms with van der Waals surface area (Å²) in [6.45, 7) is 0. The van der Waals surface area contributed by atoms with E-state index in [1.807, 2.05) is 0 Å². The first kappa shape index (κ1) is 10.9. The van der Waals surface area contributed by atoms with E-state index in [1.165, 1.54) is 24.7 Å². The number of nitrogens with two attached hydrogens (primary N) is 2. The molecule has 0 spiro atoms. The zero-order chi connectivity index (χ0) is 12.3. The lowest BCUT2D eigenvalue weighted by Crippen LogP contribution is -2.15. The molecule has 0 fully saturated rings. The van der Waals surface area contributed by atoms with Gasteiger partial charge in [-0.2, -0.15) is 0 Å². The summed E-state index contributed by atoms with van der Waals surface area (Å²) in [5.74, 6) is 0.0247. The fourth-order valence-corrected chi connectivity index (χ4v) is 1.34. The van der Waals surface area contributed by atoms with Gasteiger partial charge in [0.25, 0.3) is 5.91 Å². The molecule has 17 heavy (non-hydrogen) atoms. The van der Waals surface area contributed by atoms with Crippen molar-refractivity contribution in [3.8, 4) is 0 Å². The van der Waals surface area contributed by atoms with Crippen LogP contribution in [-0.4, -0.2) is 15.9 Å². The summed E-state index contributed by atoms with van der Waals surface area (Å²) in [4.78, 5) is 19.6. The van der Waals surface area contributed by atoms with E-state index in [2.05, 4.69) is 15.3 Å². The Bertz CT molecular complexity index is 541. The molecule has 6 heteroatoms. The van der Waals surface area contributed by atoms with Gasteiger partial charge >= 0.3 is 0 Å². The number of nitrogen functional groups attached to an aromatic ring is 2. The number of hydrogen-bond acceptors (Lipinski definition) is 5. The fraction of sp³-hybridized carbons (Fsp3) is 0. The SMILES string of the molecule is Nc1ccc(C(=O)Nc2cnccn2)c(N)c1. The van der Waals surface area contributed by atoms with Crippen molar-refractivity contribution in [3.05, 3.63) is 42.4 Å². The second kappa shape index (κ2) is 4.48. The summed E-state index contributed by atoms with van der Waals surface area (Å²) in [5.41, 5.74) is 12.4. The first-order valence-electron chi connectivity index (χ1n) is 4.89. The third-order valence-electron chi connectivity index (χ3n) is 2.13. The summed E-state index contributed by atoms with van der Waals surface area (Å²) < 4.78 is 0. The number of hydrogen-bond donors (Lipinski definition) is 3. The van der Waals surface area contributed by atoms with Crippen LogP contribution in [0.2, 0.25) is 0 Å². The van der Waals surface area contributed by atoms with Crippen molar-refractivity contribution < 1.29 is 4.79 Å². The van der Waals surface area contributed by atoms with Crippen LogP contribution in [0.4, 0.5) is 17.2 Å². The van der Waals surface area contributed by atoms with Crippen LogP contribution in [-0.2, 0) is 0 Å². The van der Waals surface area contributed by atoms with Crippen molar-refractivity contribution in [2.75, 3.05) is 16.8 Å². The molecule has 6 nitrogen and oxygen atoms in total. The van der Waals surface area contributed by atoms with Gasteiger partial charge in [-0.15, -0.1) is 0 Å². The largest absolute Gasteiger partial charge is 0.399 e. The summed E-state index contributed by atoms with van der Waals surface area (Å²) >= 11 is 0. The molecule has 0 radical (unpaired) electrons. The molecule has 1 heterocycles. The number of rotatable bonds is 2. The third kappa shape index (κ3) is 2.49. The van der Waals surface area contributed by atoms with Crippen LogP contribution in [0.25, 0.3) is 0 Å². The lowest BCUT2D eigenvalue weighted by atomic mass is 10.1. The molecule has 86 valence electrons. The van der Waals surface area contributed by atoms with E-state index in [0.29, 0.717) is 22.8 Å². The number of nitrogens with one attached hydrogen (secondary N) is 1. The second-order valence-electron chi connectivity index (χ2n) is 3.39. The summed E-state index contributed by atoms with van der Waals surface area (Å²) in [5, 5.41) is 2.59. The maximum atomic E-state index is 11.8. The van der Waals surface area contributed by atoms with E-state index >= 15 is 0 Å². The maximum absolute atomic E-state index is 11.8. The quantitative estimate of drug-likeness (QED) is 0.663. The van der Waals surface area contributed by atoms with Crippen LogP contribution in [0.15, 0.2) is 36.8 Å². The van der Waals surface area contributed by atoms with E-state index in [0.717, 1.165) is 0 Å². The Labute approximate surface area is 97.7 Å². The summed E-state index contributed by atoms with van der Waals surface area (Å²) in [7, 11) is 0. The normalized spacial score (nSPS) is 9.88. The van der Waals surface area contributed by atoms with Crippen LogP contribution >= 0.6 is 0 Å². The van der Waals surface area contributed by atoms with Gasteiger partial charge in [-0.05, 0) is 18.2 Å². The van der Waals surface area contributed by atoms with Gasteiger partial charge in [0.1, 0.15) is 0 Å². The average molecular weight is 229 g/mol. The molecule has 0 bridgehead atoms. The Hall–Kier alpha value is -2.63. The minimum Gasteiger partial charge on any atom is -0.399 e. The molecule has 2 aromatic rings. The van der Waals surface area contributed by atoms with Crippen molar-refractivity contribution in [1.29, 1.82) is 0 Å². The van der Waals surface area contributed by atoms with Gasteiger partial charge in [-0.3, -0.25) is 9.78 Å². The van der Waals surface area contributed by atoms with Crippen LogP contribution in [0.1, 0.15) is 10.4 Å². The first-order chi connectivity index (χ1) is 8.16. The van der Waals surface area contributed by atoms with Crippen molar-refractivity contribution >= 4 is 23.1 Å². The lowest BCUT2D eigenvalue weighted by molar-refractivity contribution is 0.102. The molecular formula is C11H11N5O. The smallest absolute Gasteiger partial charge is 0.258 e. The number of nitrogens with zero attached hydrogens (tertiary/aromatic N) is 2. The highest BCUT2D eigenvalue weighted by Crippen LogP contribution is 2.16. The van der Waals surface area contributed by atoms with Crippen molar-refractivity contribution in [2.24, 2.45) is 0 Å².